The van der Waals surface area contributed by atoms with Gasteiger partial charge in [-0.2, -0.15) is 0 Å². The van der Waals surface area contributed by atoms with Crippen molar-refractivity contribution in [3.8, 4) is 11.8 Å². The molecule has 2 heterocycles. The van der Waals surface area contributed by atoms with E-state index in [2.05, 4.69) is 16.8 Å². The maximum atomic E-state index is 12.1. The van der Waals surface area contributed by atoms with Crippen LogP contribution in [-0.2, 0) is 9.53 Å². The lowest BCUT2D eigenvalue weighted by molar-refractivity contribution is -0.137. The first-order valence-corrected chi connectivity index (χ1v) is 8.74. The highest BCUT2D eigenvalue weighted by Gasteiger charge is 2.42. The van der Waals surface area contributed by atoms with E-state index < -0.39 is 23.5 Å². The van der Waals surface area contributed by atoms with Gasteiger partial charge in [0, 0.05) is 44.4 Å². The number of pyridine rings is 1. The molecule has 0 radical (unpaired) electrons. The fourth-order valence-electron chi connectivity index (χ4n) is 3.20. The third kappa shape index (κ3) is 3.74. The number of aliphatic hydroxyl groups is 1. The summed E-state index contributed by atoms with van der Waals surface area (Å²) in [5.41, 5.74) is 5.81. The van der Waals surface area contributed by atoms with E-state index in [9.17, 15) is 14.7 Å². The van der Waals surface area contributed by atoms with Crippen LogP contribution in [0.4, 0.5) is 0 Å². The van der Waals surface area contributed by atoms with Crippen molar-refractivity contribution in [1.82, 2.24) is 9.88 Å². The Hall–Kier alpha value is -3.21. The number of carbonyl (C=O) groups is 2. The van der Waals surface area contributed by atoms with Crippen molar-refractivity contribution >= 4 is 11.8 Å². The average Bonchev–Trinajstić information content (AvgIpc) is 2.96. The highest BCUT2D eigenvalue weighted by atomic mass is 16.5. The van der Waals surface area contributed by atoms with Crippen LogP contribution in [-0.4, -0.2) is 53.1 Å². The number of rotatable bonds is 4. The molecule has 1 aromatic carbocycles. The van der Waals surface area contributed by atoms with Gasteiger partial charge in [-0.1, -0.05) is 30.0 Å². The van der Waals surface area contributed by atoms with Crippen LogP contribution >= 0.6 is 0 Å². The Morgan fingerprint density at radius 2 is 2.18 bits per heavy atom. The number of likely N-dealkylation sites (tertiary alicyclic amines) is 1. The number of aromatic nitrogens is 1. The highest BCUT2D eigenvalue weighted by molar-refractivity contribution is 5.92. The second-order valence-corrected chi connectivity index (χ2v) is 6.63. The second-order valence-electron chi connectivity index (χ2n) is 6.63. The molecule has 7 heteroatoms. The number of hydrogen-bond donors (Lipinski definition) is 2. The van der Waals surface area contributed by atoms with E-state index in [1.165, 1.54) is 18.2 Å². The molecule has 0 spiro atoms. The Morgan fingerprint density at radius 3 is 2.82 bits per heavy atom. The molecule has 2 amide bonds. The lowest BCUT2D eigenvalue weighted by Gasteiger charge is -2.18. The second kappa shape index (κ2) is 7.80. The van der Waals surface area contributed by atoms with Crippen LogP contribution in [0.1, 0.15) is 39.7 Å². The first-order chi connectivity index (χ1) is 13.4. The number of carbonyl (C=O) groups excluding carboxylic acids is 2. The summed E-state index contributed by atoms with van der Waals surface area (Å²) in [5.74, 6) is 4.54. The number of primary amides is 1. The van der Waals surface area contributed by atoms with E-state index in [4.69, 9.17) is 10.5 Å². The molecule has 2 aromatic rings. The molecule has 0 saturated carbocycles. The Morgan fingerprint density at radius 1 is 1.39 bits per heavy atom. The van der Waals surface area contributed by atoms with E-state index in [-0.39, 0.29) is 12.1 Å². The predicted octanol–water partition coefficient (Wildman–Crippen LogP) is 0.861. The van der Waals surface area contributed by atoms with Gasteiger partial charge in [0.1, 0.15) is 11.8 Å². The van der Waals surface area contributed by atoms with Crippen LogP contribution in [0.15, 0.2) is 42.6 Å². The highest BCUT2D eigenvalue weighted by Crippen LogP contribution is 2.28. The molecule has 1 saturated heterocycles. The summed E-state index contributed by atoms with van der Waals surface area (Å²) in [7, 11) is 3.16. The number of hydrogen-bond acceptors (Lipinski definition) is 5. The topological polar surface area (TPSA) is 106 Å². The molecule has 144 valence electrons. The summed E-state index contributed by atoms with van der Waals surface area (Å²) < 4.78 is 5.59. The van der Waals surface area contributed by atoms with Gasteiger partial charge in [-0.05, 0) is 23.8 Å². The number of nitrogens with two attached hydrogens (primary N) is 1. The van der Waals surface area contributed by atoms with Gasteiger partial charge in [-0.15, -0.1) is 0 Å². The quantitative estimate of drug-likeness (QED) is 0.767. The summed E-state index contributed by atoms with van der Waals surface area (Å²) in [4.78, 5) is 29.3. The zero-order valence-electron chi connectivity index (χ0n) is 15.7. The van der Waals surface area contributed by atoms with Crippen LogP contribution in [0.2, 0.25) is 0 Å². The standard InChI is InChI=1S/C21H21N3O4/c1-24-12-10-21(27,20(24)26)9-8-14-5-3-6-15(13-14)18(28-2)16-7-4-11-23-17(16)19(22)25/h3-7,11,13,18,27H,10,12H2,1-2H3,(H2,22,25)/t18?,21-/m0/s1. The molecule has 7 nitrogen and oxygen atoms in total. The molecule has 1 aromatic heterocycles. The number of ether oxygens (including phenoxy) is 1. The normalized spacial score (nSPS) is 19.8. The molecule has 3 rings (SSSR count). The monoisotopic (exact) mass is 379 g/mol. The molecular formula is C21H21N3O4. The van der Waals surface area contributed by atoms with Crippen molar-refractivity contribution in [2.24, 2.45) is 5.73 Å². The van der Waals surface area contributed by atoms with Gasteiger partial charge in [0.15, 0.2) is 0 Å². The van der Waals surface area contributed by atoms with E-state index in [0.717, 1.165) is 5.56 Å². The van der Waals surface area contributed by atoms with Gasteiger partial charge in [0.05, 0.1) is 0 Å². The minimum absolute atomic E-state index is 0.139. The number of methoxy groups -OCH3 is 1. The van der Waals surface area contributed by atoms with Crippen LogP contribution < -0.4 is 5.73 Å². The maximum Gasteiger partial charge on any atom is 0.267 e. The number of likely N-dealkylation sites (N-methyl/N-ethyl adjacent to an activating group) is 1. The van der Waals surface area contributed by atoms with Crippen LogP contribution in [0.3, 0.4) is 0 Å². The molecule has 1 aliphatic heterocycles. The lowest BCUT2D eigenvalue weighted by Crippen LogP contribution is -2.37. The zero-order chi connectivity index (χ0) is 20.3. The summed E-state index contributed by atoms with van der Waals surface area (Å²) >= 11 is 0. The van der Waals surface area contributed by atoms with Crippen molar-refractivity contribution in [2.75, 3.05) is 20.7 Å². The molecule has 2 atom stereocenters. The van der Waals surface area contributed by atoms with E-state index >= 15 is 0 Å². The van der Waals surface area contributed by atoms with Crippen molar-refractivity contribution in [1.29, 1.82) is 0 Å². The molecule has 28 heavy (non-hydrogen) atoms. The number of benzene rings is 1. The van der Waals surface area contributed by atoms with Crippen LogP contribution in [0, 0.1) is 11.8 Å². The van der Waals surface area contributed by atoms with Crippen LogP contribution in [0.5, 0.6) is 0 Å². The largest absolute Gasteiger partial charge is 0.372 e. The minimum Gasteiger partial charge on any atom is -0.372 e. The third-order valence-electron chi connectivity index (χ3n) is 4.70. The summed E-state index contributed by atoms with van der Waals surface area (Å²) in [6.07, 6.45) is 1.20. The summed E-state index contributed by atoms with van der Waals surface area (Å²) in [6.45, 7) is 0.465. The number of amides is 2. The molecule has 0 aliphatic carbocycles. The molecule has 1 unspecified atom stereocenters. The molecule has 1 fully saturated rings. The first-order valence-electron chi connectivity index (χ1n) is 8.74. The molecule has 3 N–H and O–H groups in total. The number of nitrogens with zero attached hydrogens (tertiary/aromatic N) is 2. The first kappa shape index (κ1) is 19.5. The Labute approximate surface area is 163 Å². The average molecular weight is 379 g/mol. The van der Waals surface area contributed by atoms with Gasteiger partial charge < -0.3 is 20.5 Å². The smallest absolute Gasteiger partial charge is 0.267 e. The van der Waals surface area contributed by atoms with Crippen molar-refractivity contribution < 1.29 is 19.4 Å². The van der Waals surface area contributed by atoms with Gasteiger partial charge in [-0.3, -0.25) is 14.6 Å². The third-order valence-corrected chi connectivity index (χ3v) is 4.70. The van der Waals surface area contributed by atoms with E-state index in [1.54, 1.807) is 37.4 Å². The van der Waals surface area contributed by atoms with E-state index in [1.807, 2.05) is 6.07 Å². The zero-order valence-corrected chi connectivity index (χ0v) is 15.7. The Balaban J connectivity index is 1.95. The van der Waals surface area contributed by atoms with Crippen molar-refractivity contribution in [2.45, 2.75) is 18.1 Å². The summed E-state index contributed by atoms with van der Waals surface area (Å²) in [6, 6.07) is 10.6. The van der Waals surface area contributed by atoms with Gasteiger partial charge in [0.25, 0.3) is 11.8 Å². The molecule has 0 bridgehead atoms. The van der Waals surface area contributed by atoms with Crippen molar-refractivity contribution in [3.05, 3.63) is 65.0 Å². The van der Waals surface area contributed by atoms with Crippen LogP contribution in [0.25, 0.3) is 0 Å². The fourth-order valence-corrected chi connectivity index (χ4v) is 3.20. The maximum absolute atomic E-state index is 12.1. The molecular weight excluding hydrogens is 358 g/mol. The van der Waals surface area contributed by atoms with Crippen molar-refractivity contribution in [3.63, 3.8) is 0 Å². The van der Waals surface area contributed by atoms with Gasteiger partial charge in [-0.25, -0.2) is 0 Å². The van der Waals surface area contributed by atoms with E-state index in [0.29, 0.717) is 17.7 Å². The summed E-state index contributed by atoms with van der Waals surface area (Å²) in [5, 5.41) is 10.4. The minimum atomic E-state index is -1.66. The van der Waals surface area contributed by atoms with Gasteiger partial charge >= 0.3 is 0 Å². The Bertz CT molecular complexity index is 979. The fraction of sp³-hybridized carbons (Fsp3) is 0.286. The Kier molecular flexibility index (Phi) is 5.45. The van der Waals surface area contributed by atoms with Gasteiger partial charge in [0.2, 0.25) is 5.60 Å². The predicted molar refractivity (Wildman–Crippen MR) is 102 cm³/mol. The molecule has 1 aliphatic rings. The lowest BCUT2D eigenvalue weighted by atomic mass is 9.97. The SMILES string of the molecule is COC(c1cccc(C#C[C@]2(O)CCN(C)C2=O)c1)c1cccnc1C(N)=O.